The summed E-state index contributed by atoms with van der Waals surface area (Å²) >= 11 is 3.41. The Morgan fingerprint density at radius 3 is 2.67 bits per heavy atom. The van der Waals surface area contributed by atoms with Gasteiger partial charge in [0.2, 0.25) is 0 Å². The Labute approximate surface area is 97.4 Å². The molecule has 1 aliphatic rings. The van der Waals surface area contributed by atoms with Crippen LogP contribution in [-0.4, -0.2) is 11.1 Å². The van der Waals surface area contributed by atoms with Crippen LogP contribution < -0.4 is 0 Å². The Balaban J connectivity index is 2.37. The first-order chi connectivity index (χ1) is 6.98. The number of benzene rings is 1. The number of carbonyl (C=O) groups is 1. The fourth-order valence-corrected chi connectivity index (χ4v) is 2.86. The van der Waals surface area contributed by atoms with Gasteiger partial charge in [-0.1, -0.05) is 41.9 Å². The minimum Gasteiger partial charge on any atom is -0.481 e. The first-order valence-corrected chi connectivity index (χ1v) is 5.76. The second kappa shape index (κ2) is 3.34. The van der Waals surface area contributed by atoms with E-state index in [1.54, 1.807) is 0 Å². The number of halogens is 1. The van der Waals surface area contributed by atoms with Gasteiger partial charge in [0.25, 0.3) is 0 Å². The van der Waals surface area contributed by atoms with Crippen molar-refractivity contribution in [3.63, 3.8) is 0 Å². The van der Waals surface area contributed by atoms with Gasteiger partial charge in [-0.05, 0) is 23.6 Å². The number of rotatable bonds is 2. The summed E-state index contributed by atoms with van der Waals surface area (Å²) in [5.41, 5.74) is 0.909. The predicted molar refractivity (Wildman–Crippen MR) is 61.8 cm³/mol. The molecule has 3 heteroatoms. The van der Waals surface area contributed by atoms with Crippen molar-refractivity contribution in [3.05, 3.63) is 34.3 Å². The van der Waals surface area contributed by atoms with Gasteiger partial charge < -0.3 is 5.11 Å². The van der Waals surface area contributed by atoms with Gasteiger partial charge in [0.1, 0.15) is 0 Å². The number of hydrogen-bond acceptors (Lipinski definition) is 1. The zero-order valence-electron chi connectivity index (χ0n) is 8.70. The van der Waals surface area contributed by atoms with Crippen molar-refractivity contribution in [3.8, 4) is 0 Å². The third-order valence-electron chi connectivity index (χ3n) is 3.70. The molecule has 1 aromatic rings. The van der Waals surface area contributed by atoms with Crippen LogP contribution in [0, 0.1) is 11.8 Å². The van der Waals surface area contributed by atoms with Crippen molar-refractivity contribution in [1.29, 1.82) is 0 Å². The molecule has 3 atom stereocenters. The highest BCUT2D eigenvalue weighted by atomic mass is 79.9. The van der Waals surface area contributed by atoms with Crippen molar-refractivity contribution in [2.45, 2.75) is 19.3 Å². The summed E-state index contributed by atoms with van der Waals surface area (Å²) in [5, 5.41) is 9.08. The molecule has 0 amide bonds. The van der Waals surface area contributed by atoms with E-state index in [4.69, 9.17) is 5.11 Å². The quantitative estimate of drug-likeness (QED) is 0.895. The van der Waals surface area contributed by atoms with Crippen LogP contribution in [0.4, 0.5) is 0 Å². The van der Waals surface area contributed by atoms with Crippen LogP contribution in [0.3, 0.4) is 0 Å². The average Bonchev–Trinajstić information content (AvgIpc) is 2.71. The third kappa shape index (κ3) is 1.49. The highest BCUT2D eigenvalue weighted by molar-refractivity contribution is 9.10. The van der Waals surface area contributed by atoms with Crippen molar-refractivity contribution in [2.75, 3.05) is 0 Å². The summed E-state index contributed by atoms with van der Waals surface area (Å²) in [7, 11) is 0. The summed E-state index contributed by atoms with van der Waals surface area (Å²) in [6.07, 6.45) is 0. The maximum Gasteiger partial charge on any atom is 0.307 e. The lowest BCUT2D eigenvalue weighted by molar-refractivity contribution is -0.139. The largest absolute Gasteiger partial charge is 0.481 e. The van der Waals surface area contributed by atoms with E-state index in [-0.39, 0.29) is 17.3 Å². The maximum atomic E-state index is 11.0. The fraction of sp³-hybridized carbons (Fsp3) is 0.417. The first-order valence-electron chi connectivity index (χ1n) is 4.96. The van der Waals surface area contributed by atoms with Gasteiger partial charge in [-0.25, -0.2) is 0 Å². The molecule has 2 rings (SSSR count). The van der Waals surface area contributed by atoms with E-state index in [0.717, 1.165) is 10.0 Å². The zero-order chi connectivity index (χ0) is 11.2. The van der Waals surface area contributed by atoms with Gasteiger partial charge >= 0.3 is 5.97 Å². The number of carboxylic acids is 1. The molecule has 1 N–H and O–H groups in total. The highest BCUT2D eigenvalue weighted by Crippen LogP contribution is 2.59. The topological polar surface area (TPSA) is 37.3 Å². The lowest BCUT2D eigenvalue weighted by atomic mass is 9.94. The predicted octanol–water partition coefficient (Wildman–Crippen LogP) is 3.06. The normalized spacial score (nSPS) is 33.8. The molecule has 0 bridgehead atoms. The number of carboxylic acid groups (broad SMARTS) is 1. The molecular weight excluding hydrogens is 256 g/mol. The average molecular weight is 269 g/mol. The second-order valence-corrected chi connectivity index (χ2v) is 5.31. The van der Waals surface area contributed by atoms with Gasteiger partial charge in [0.15, 0.2) is 0 Å². The van der Waals surface area contributed by atoms with E-state index >= 15 is 0 Å². The molecular formula is C12H13BrO2. The molecule has 0 saturated heterocycles. The summed E-state index contributed by atoms with van der Waals surface area (Å²) in [6.45, 7) is 4.03. The van der Waals surface area contributed by atoms with Crippen molar-refractivity contribution in [1.82, 2.24) is 0 Å². The molecule has 0 aromatic heterocycles. The Bertz CT molecular complexity index is 416. The maximum absolute atomic E-state index is 11.0. The molecule has 1 aliphatic carbocycles. The standard InChI is InChI=1S/C12H13BrO2/c1-7-10(11(14)15)12(7,2)8-4-3-5-9(13)6-8/h3-7,10H,1-2H3,(H,14,15). The first kappa shape index (κ1) is 10.7. The summed E-state index contributed by atoms with van der Waals surface area (Å²) in [5.74, 6) is -0.721. The minimum absolute atomic E-state index is 0.199. The van der Waals surface area contributed by atoms with Crippen LogP contribution >= 0.6 is 15.9 Å². The molecule has 0 heterocycles. The van der Waals surface area contributed by atoms with E-state index in [0.29, 0.717) is 0 Å². The molecule has 1 fully saturated rings. The Morgan fingerprint density at radius 1 is 1.53 bits per heavy atom. The van der Waals surface area contributed by atoms with Crippen LogP contribution in [-0.2, 0) is 10.2 Å². The molecule has 1 saturated carbocycles. The van der Waals surface area contributed by atoms with E-state index < -0.39 is 5.97 Å². The Morgan fingerprint density at radius 2 is 2.20 bits per heavy atom. The third-order valence-corrected chi connectivity index (χ3v) is 4.19. The van der Waals surface area contributed by atoms with E-state index in [9.17, 15) is 4.79 Å². The summed E-state index contributed by atoms with van der Waals surface area (Å²) in [4.78, 5) is 11.0. The zero-order valence-corrected chi connectivity index (χ0v) is 10.3. The fourth-order valence-electron chi connectivity index (χ4n) is 2.46. The molecule has 1 aromatic carbocycles. The lowest BCUT2D eigenvalue weighted by Crippen LogP contribution is -2.11. The Hall–Kier alpha value is -0.830. The van der Waals surface area contributed by atoms with Gasteiger partial charge in [0.05, 0.1) is 5.92 Å². The molecule has 3 unspecified atom stereocenters. The monoisotopic (exact) mass is 268 g/mol. The van der Waals surface area contributed by atoms with Crippen LogP contribution in [0.15, 0.2) is 28.7 Å². The lowest BCUT2D eigenvalue weighted by Gasteiger charge is -2.11. The molecule has 80 valence electrons. The molecule has 2 nitrogen and oxygen atoms in total. The van der Waals surface area contributed by atoms with E-state index in [2.05, 4.69) is 15.9 Å². The smallest absolute Gasteiger partial charge is 0.307 e. The molecule has 0 radical (unpaired) electrons. The van der Waals surface area contributed by atoms with Crippen molar-refractivity contribution in [2.24, 2.45) is 11.8 Å². The molecule has 0 aliphatic heterocycles. The second-order valence-electron chi connectivity index (χ2n) is 4.40. The van der Waals surface area contributed by atoms with Crippen LogP contribution in [0.2, 0.25) is 0 Å². The van der Waals surface area contributed by atoms with E-state index in [1.165, 1.54) is 0 Å². The Kier molecular flexibility index (Phi) is 2.38. The number of hydrogen-bond donors (Lipinski definition) is 1. The van der Waals surface area contributed by atoms with Gasteiger partial charge in [-0.3, -0.25) is 4.79 Å². The van der Waals surface area contributed by atoms with Gasteiger partial charge in [0, 0.05) is 9.89 Å². The van der Waals surface area contributed by atoms with Gasteiger partial charge in [-0.2, -0.15) is 0 Å². The minimum atomic E-state index is -0.690. The van der Waals surface area contributed by atoms with Crippen molar-refractivity contribution < 1.29 is 9.90 Å². The van der Waals surface area contributed by atoms with E-state index in [1.807, 2.05) is 38.1 Å². The SMILES string of the molecule is CC1C(C(=O)O)C1(C)c1cccc(Br)c1. The van der Waals surface area contributed by atoms with Gasteiger partial charge in [-0.15, -0.1) is 0 Å². The van der Waals surface area contributed by atoms with Crippen LogP contribution in [0.25, 0.3) is 0 Å². The van der Waals surface area contributed by atoms with Crippen molar-refractivity contribution >= 4 is 21.9 Å². The number of aliphatic carboxylic acids is 1. The van der Waals surface area contributed by atoms with Crippen LogP contribution in [0.5, 0.6) is 0 Å². The molecule has 15 heavy (non-hydrogen) atoms. The van der Waals surface area contributed by atoms with Crippen LogP contribution in [0.1, 0.15) is 19.4 Å². The molecule has 0 spiro atoms. The summed E-state index contributed by atoms with van der Waals surface area (Å²) < 4.78 is 1.00. The highest BCUT2D eigenvalue weighted by Gasteiger charge is 2.63. The summed E-state index contributed by atoms with van der Waals surface area (Å²) in [6, 6.07) is 7.92.